The zero-order valence-electron chi connectivity index (χ0n) is 14.1. The van der Waals surface area contributed by atoms with Crippen molar-refractivity contribution < 1.29 is 14.4 Å². The normalized spacial score (nSPS) is 20.4. The van der Waals surface area contributed by atoms with Crippen molar-refractivity contribution in [1.82, 2.24) is 20.0 Å². The van der Waals surface area contributed by atoms with Crippen LogP contribution >= 0.6 is 0 Å². The van der Waals surface area contributed by atoms with Gasteiger partial charge >= 0.3 is 0 Å². The number of hydrogen-bond donors (Lipinski definition) is 0. The third-order valence-electron chi connectivity index (χ3n) is 5.21. The summed E-state index contributed by atoms with van der Waals surface area (Å²) < 4.78 is 0. The van der Waals surface area contributed by atoms with E-state index in [-0.39, 0.29) is 37.1 Å². The van der Waals surface area contributed by atoms with E-state index in [9.17, 15) is 14.4 Å². The van der Waals surface area contributed by atoms with Gasteiger partial charge in [0.05, 0.1) is 5.69 Å². The van der Waals surface area contributed by atoms with Gasteiger partial charge in [0.2, 0.25) is 17.7 Å². The van der Waals surface area contributed by atoms with Crippen molar-refractivity contribution in [2.24, 2.45) is 0 Å². The molecule has 8 nitrogen and oxygen atoms in total. The van der Waals surface area contributed by atoms with Gasteiger partial charge in [-0.1, -0.05) is 0 Å². The average Bonchev–Trinajstić information content (AvgIpc) is 3.22. The number of aromatic nitrogens is 2. The van der Waals surface area contributed by atoms with Crippen LogP contribution in [0.1, 0.15) is 30.5 Å². The van der Waals surface area contributed by atoms with Crippen LogP contribution in [0.4, 0.5) is 5.82 Å². The van der Waals surface area contributed by atoms with E-state index in [1.165, 1.54) is 5.56 Å². The van der Waals surface area contributed by atoms with Gasteiger partial charge in [-0.15, -0.1) is 5.10 Å². The minimum atomic E-state index is -0.245. The number of rotatable bonds is 3. The van der Waals surface area contributed by atoms with Gasteiger partial charge < -0.3 is 9.80 Å². The van der Waals surface area contributed by atoms with Crippen LogP contribution in [0, 0.1) is 0 Å². The zero-order chi connectivity index (χ0) is 17.4. The summed E-state index contributed by atoms with van der Waals surface area (Å²) in [6.45, 7) is 2.36. The summed E-state index contributed by atoms with van der Waals surface area (Å²) in [5.74, 6) is 0.219. The van der Waals surface area contributed by atoms with Crippen molar-refractivity contribution in [1.29, 1.82) is 0 Å². The first kappa shape index (κ1) is 16.0. The molecule has 8 heteroatoms. The van der Waals surface area contributed by atoms with Crippen LogP contribution in [0.2, 0.25) is 0 Å². The zero-order valence-corrected chi connectivity index (χ0v) is 14.1. The number of piperazine rings is 1. The van der Waals surface area contributed by atoms with E-state index < -0.39 is 0 Å². The van der Waals surface area contributed by atoms with Crippen LogP contribution in [0.15, 0.2) is 6.07 Å². The Balaban J connectivity index is 1.34. The third kappa shape index (κ3) is 3.08. The Morgan fingerprint density at radius 2 is 1.68 bits per heavy atom. The van der Waals surface area contributed by atoms with E-state index in [1.54, 1.807) is 4.90 Å². The van der Waals surface area contributed by atoms with E-state index in [2.05, 4.69) is 21.2 Å². The van der Waals surface area contributed by atoms with E-state index in [1.807, 2.05) is 0 Å². The molecule has 0 unspecified atom stereocenters. The maximum absolute atomic E-state index is 12.4. The lowest BCUT2D eigenvalue weighted by Crippen LogP contribution is -2.52. The molecule has 1 aliphatic carbocycles. The molecule has 2 saturated heterocycles. The molecule has 3 amide bonds. The number of aryl methyl sites for hydroxylation is 2. The molecule has 0 radical (unpaired) electrons. The number of likely N-dealkylation sites (tertiary alicyclic amines) is 1. The molecular formula is C17H21N5O3. The first-order chi connectivity index (χ1) is 12.1. The number of nitrogens with zero attached hydrogens (tertiary/aromatic N) is 5. The fourth-order valence-electron chi connectivity index (χ4n) is 3.69. The second-order valence-electron chi connectivity index (χ2n) is 6.77. The highest BCUT2D eigenvalue weighted by molar-refractivity contribution is 6.04. The van der Waals surface area contributed by atoms with E-state index >= 15 is 0 Å². The van der Waals surface area contributed by atoms with Gasteiger partial charge in [0.1, 0.15) is 6.54 Å². The van der Waals surface area contributed by atoms with Gasteiger partial charge in [0, 0.05) is 39.0 Å². The standard InChI is InChI=1S/C17H21N5O3/c23-15-4-5-16(24)22(15)11-17(25)21-8-6-20(7-9-21)14-10-12-2-1-3-13(12)18-19-14/h10H,1-9,11H2. The summed E-state index contributed by atoms with van der Waals surface area (Å²) in [7, 11) is 0. The van der Waals surface area contributed by atoms with Crippen molar-refractivity contribution in [3.63, 3.8) is 0 Å². The van der Waals surface area contributed by atoms with Gasteiger partial charge in [0.25, 0.3) is 0 Å². The smallest absolute Gasteiger partial charge is 0.242 e. The molecule has 3 heterocycles. The second kappa shape index (κ2) is 6.42. The summed E-state index contributed by atoms with van der Waals surface area (Å²) in [6.07, 6.45) is 3.66. The maximum Gasteiger partial charge on any atom is 0.242 e. The Kier molecular flexibility index (Phi) is 4.10. The minimum Gasteiger partial charge on any atom is -0.352 e. The monoisotopic (exact) mass is 343 g/mol. The van der Waals surface area contributed by atoms with Crippen molar-refractivity contribution in [3.8, 4) is 0 Å². The Bertz CT molecular complexity index is 711. The molecule has 4 rings (SSSR count). The highest BCUT2D eigenvalue weighted by atomic mass is 16.2. The van der Waals surface area contributed by atoms with Gasteiger partial charge in [-0.2, -0.15) is 5.10 Å². The molecule has 0 saturated carbocycles. The van der Waals surface area contributed by atoms with Crippen molar-refractivity contribution >= 4 is 23.5 Å². The molecule has 0 atom stereocenters. The van der Waals surface area contributed by atoms with Crippen LogP contribution in [0.3, 0.4) is 0 Å². The molecule has 0 aromatic carbocycles. The van der Waals surface area contributed by atoms with Crippen LogP contribution in [0.5, 0.6) is 0 Å². The highest BCUT2D eigenvalue weighted by Gasteiger charge is 2.32. The molecule has 0 N–H and O–H groups in total. The predicted octanol–water partition coefficient (Wildman–Crippen LogP) is -0.237. The average molecular weight is 343 g/mol. The topological polar surface area (TPSA) is 86.7 Å². The first-order valence-electron chi connectivity index (χ1n) is 8.83. The number of carbonyl (C=O) groups is 3. The molecule has 0 spiro atoms. The number of hydrogen-bond acceptors (Lipinski definition) is 6. The first-order valence-corrected chi connectivity index (χ1v) is 8.83. The number of amides is 3. The number of carbonyl (C=O) groups excluding carboxylic acids is 3. The minimum absolute atomic E-state index is 0.129. The lowest BCUT2D eigenvalue weighted by molar-refractivity contribution is -0.145. The lowest BCUT2D eigenvalue weighted by Gasteiger charge is -2.35. The largest absolute Gasteiger partial charge is 0.352 e. The molecule has 3 aliphatic rings. The molecule has 1 aromatic rings. The molecule has 2 fully saturated rings. The summed E-state index contributed by atoms with van der Waals surface area (Å²) in [5.41, 5.74) is 2.40. The van der Waals surface area contributed by atoms with E-state index in [4.69, 9.17) is 0 Å². The molecule has 132 valence electrons. The molecule has 0 bridgehead atoms. The Morgan fingerprint density at radius 1 is 0.960 bits per heavy atom. The van der Waals surface area contributed by atoms with Crippen LogP contribution < -0.4 is 4.90 Å². The second-order valence-corrected chi connectivity index (χ2v) is 6.77. The SMILES string of the molecule is O=C(CN1C(=O)CCC1=O)N1CCN(c2cc3c(nn2)CCC3)CC1. The third-order valence-corrected chi connectivity index (χ3v) is 5.21. The fraction of sp³-hybridized carbons (Fsp3) is 0.588. The van der Waals surface area contributed by atoms with Crippen molar-refractivity contribution in [2.45, 2.75) is 32.1 Å². The number of imide groups is 1. The summed E-state index contributed by atoms with van der Waals surface area (Å²) in [4.78, 5) is 40.6. The Morgan fingerprint density at radius 3 is 2.40 bits per heavy atom. The van der Waals surface area contributed by atoms with Gasteiger partial charge in [-0.05, 0) is 30.9 Å². The quantitative estimate of drug-likeness (QED) is 0.704. The Hall–Kier alpha value is -2.51. The van der Waals surface area contributed by atoms with E-state index in [0.717, 1.165) is 35.7 Å². The van der Waals surface area contributed by atoms with Crippen LogP contribution in [-0.4, -0.2) is 70.4 Å². The highest BCUT2D eigenvalue weighted by Crippen LogP contribution is 2.23. The van der Waals surface area contributed by atoms with Gasteiger partial charge in [-0.25, -0.2) is 0 Å². The van der Waals surface area contributed by atoms with Gasteiger partial charge in [-0.3, -0.25) is 19.3 Å². The summed E-state index contributed by atoms with van der Waals surface area (Å²) >= 11 is 0. The predicted molar refractivity (Wildman–Crippen MR) is 88.8 cm³/mol. The molecular weight excluding hydrogens is 322 g/mol. The molecule has 1 aromatic heterocycles. The van der Waals surface area contributed by atoms with Crippen LogP contribution in [-0.2, 0) is 27.2 Å². The van der Waals surface area contributed by atoms with Gasteiger partial charge in [0.15, 0.2) is 5.82 Å². The molecule has 2 aliphatic heterocycles. The van der Waals surface area contributed by atoms with Crippen molar-refractivity contribution in [2.75, 3.05) is 37.6 Å². The summed E-state index contributed by atoms with van der Waals surface area (Å²) in [5, 5.41) is 8.64. The van der Waals surface area contributed by atoms with E-state index in [0.29, 0.717) is 26.2 Å². The summed E-state index contributed by atoms with van der Waals surface area (Å²) in [6, 6.07) is 2.12. The van der Waals surface area contributed by atoms with Crippen LogP contribution in [0.25, 0.3) is 0 Å². The fourth-order valence-corrected chi connectivity index (χ4v) is 3.69. The maximum atomic E-state index is 12.4. The lowest BCUT2D eigenvalue weighted by atomic mass is 10.2. The van der Waals surface area contributed by atoms with Crippen molar-refractivity contribution in [3.05, 3.63) is 17.3 Å². The molecule has 25 heavy (non-hydrogen) atoms. The Labute approximate surface area is 145 Å². The number of anilines is 1. The number of fused-ring (bicyclic) bond motifs is 1.